The molecule has 130 valence electrons. The fourth-order valence-electron chi connectivity index (χ4n) is 2.72. The van der Waals surface area contributed by atoms with Crippen LogP contribution < -0.4 is 10.1 Å². The van der Waals surface area contributed by atoms with E-state index in [9.17, 15) is 4.79 Å². The second-order valence-corrected chi connectivity index (χ2v) is 7.23. The molecule has 0 aliphatic heterocycles. The highest BCUT2D eigenvalue weighted by atomic mass is 35.5. The SMILES string of the molecule is COc1ccc2nc(C)c(C(=O)Nc3nc4ccc(Cl)cc4s3)cc2c1. The van der Waals surface area contributed by atoms with E-state index in [0.29, 0.717) is 21.4 Å². The Kier molecular flexibility index (Phi) is 4.22. The van der Waals surface area contributed by atoms with Crippen LogP contribution in [0.2, 0.25) is 5.02 Å². The van der Waals surface area contributed by atoms with Crippen molar-refractivity contribution in [3.05, 3.63) is 58.7 Å². The van der Waals surface area contributed by atoms with Gasteiger partial charge in [-0.3, -0.25) is 15.1 Å². The molecular formula is C19H14ClN3O2S. The number of halogens is 1. The van der Waals surface area contributed by atoms with Crippen LogP contribution in [0, 0.1) is 6.92 Å². The number of benzene rings is 2. The number of hydrogen-bond acceptors (Lipinski definition) is 5. The van der Waals surface area contributed by atoms with Crippen molar-refractivity contribution in [2.45, 2.75) is 6.92 Å². The fourth-order valence-corrected chi connectivity index (χ4v) is 3.86. The number of aromatic nitrogens is 2. The number of ether oxygens (including phenoxy) is 1. The Bertz CT molecular complexity index is 1160. The van der Waals surface area contributed by atoms with Crippen LogP contribution in [0.1, 0.15) is 16.1 Å². The van der Waals surface area contributed by atoms with Gasteiger partial charge >= 0.3 is 0 Å². The molecule has 1 N–H and O–H groups in total. The van der Waals surface area contributed by atoms with Crippen molar-refractivity contribution in [1.82, 2.24) is 9.97 Å². The summed E-state index contributed by atoms with van der Waals surface area (Å²) in [6.45, 7) is 1.82. The lowest BCUT2D eigenvalue weighted by atomic mass is 10.1. The lowest BCUT2D eigenvalue weighted by molar-refractivity contribution is 0.102. The van der Waals surface area contributed by atoms with E-state index in [1.54, 1.807) is 13.2 Å². The number of pyridine rings is 1. The largest absolute Gasteiger partial charge is 0.497 e. The van der Waals surface area contributed by atoms with Gasteiger partial charge in [-0.1, -0.05) is 22.9 Å². The third-order valence-electron chi connectivity index (χ3n) is 4.03. The van der Waals surface area contributed by atoms with E-state index in [0.717, 1.165) is 26.9 Å². The summed E-state index contributed by atoms with van der Waals surface area (Å²) < 4.78 is 6.17. The van der Waals surface area contributed by atoms with Crippen molar-refractivity contribution in [2.75, 3.05) is 12.4 Å². The molecule has 1 amide bonds. The van der Waals surface area contributed by atoms with Gasteiger partial charge in [-0.05, 0) is 49.4 Å². The van der Waals surface area contributed by atoms with Crippen molar-refractivity contribution in [2.24, 2.45) is 0 Å². The number of fused-ring (bicyclic) bond motifs is 2. The van der Waals surface area contributed by atoms with Crippen molar-refractivity contribution in [3.63, 3.8) is 0 Å². The Labute approximate surface area is 158 Å². The lowest BCUT2D eigenvalue weighted by Gasteiger charge is -2.08. The smallest absolute Gasteiger partial charge is 0.259 e. The van der Waals surface area contributed by atoms with Gasteiger partial charge in [0.25, 0.3) is 5.91 Å². The third-order valence-corrected chi connectivity index (χ3v) is 5.20. The maximum atomic E-state index is 12.7. The number of nitrogens with zero attached hydrogens (tertiary/aromatic N) is 2. The molecule has 26 heavy (non-hydrogen) atoms. The van der Waals surface area contributed by atoms with Crippen LogP contribution in [0.15, 0.2) is 42.5 Å². The molecule has 7 heteroatoms. The van der Waals surface area contributed by atoms with Gasteiger partial charge in [0, 0.05) is 10.4 Å². The molecule has 2 heterocycles. The molecule has 0 radical (unpaired) electrons. The van der Waals surface area contributed by atoms with Gasteiger partial charge in [-0.15, -0.1) is 0 Å². The Morgan fingerprint density at radius 2 is 1.92 bits per heavy atom. The molecule has 0 spiro atoms. The van der Waals surface area contributed by atoms with Crippen LogP contribution >= 0.6 is 22.9 Å². The summed E-state index contributed by atoms with van der Waals surface area (Å²) in [7, 11) is 1.61. The van der Waals surface area contributed by atoms with E-state index in [1.165, 1.54) is 11.3 Å². The van der Waals surface area contributed by atoms with Gasteiger partial charge in [0.05, 0.1) is 34.1 Å². The quantitative estimate of drug-likeness (QED) is 0.536. The Balaban J connectivity index is 1.68. The number of carbonyl (C=O) groups excluding carboxylic acids is 1. The van der Waals surface area contributed by atoms with Crippen molar-refractivity contribution in [1.29, 1.82) is 0 Å². The van der Waals surface area contributed by atoms with Crippen LogP contribution in [-0.2, 0) is 0 Å². The van der Waals surface area contributed by atoms with Gasteiger partial charge in [-0.2, -0.15) is 0 Å². The molecule has 4 rings (SSSR count). The zero-order chi connectivity index (χ0) is 18.3. The zero-order valence-corrected chi connectivity index (χ0v) is 15.6. The van der Waals surface area contributed by atoms with Crippen LogP contribution in [0.4, 0.5) is 5.13 Å². The number of nitrogens with one attached hydrogen (secondary N) is 1. The van der Waals surface area contributed by atoms with Crippen LogP contribution in [-0.4, -0.2) is 23.0 Å². The highest BCUT2D eigenvalue weighted by molar-refractivity contribution is 7.22. The molecule has 0 saturated heterocycles. The molecule has 0 aliphatic carbocycles. The molecular weight excluding hydrogens is 370 g/mol. The molecule has 0 unspecified atom stereocenters. The van der Waals surface area contributed by atoms with E-state index in [4.69, 9.17) is 16.3 Å². The minimum absolute atomic E-state index is 0.245. The number of rotatable bonds is 3. The number of aryl methyl sites for hydroxylation is 1. The molecule has 0 saturated carbocycles. The molecule has 5 nitrogen and oxygen atoms in total. The predicted molar refractivity (Wildman–Crippen MR) is 106 cm³/mol. The molecule has 0 aliphatic rings. The standard InChI is InChI=1S/C19H14ClN3O2S/c1-10-14(8-11-7-13(25-2)4-6-15(11)21-10)18(24)23-19-22-16-5-3-12(20)9-17(16)26-19/h3-9H,1-2H3,(H,22,23,24). The highest BCUT2D eigenvalue weighted by Crippen LogP contribution is 2.29. The first-order valence-electron chi connectivity index (χ1n) is 7.86. The normalized spacial score (nSPS) is 11.0. The van der Waals surface area contributed by atoms with Gasteiger partial charge < -0.3 is 4.74 Å². The van der Waals surface area contributed by atoms with E-state index >= 15 is 0 Å². The molecule has 2 aromatic carbocycles. The molecule has 0 bridgehead atoms. The maximum absolute atomic E-state index is 12.7. The highest BCUT2D eigenvalue weighted by Gasteiger charge is 2.14. The summed E-state index contributed by atoms with van der Waals surface area (Å²) >= 11 is 7.39. The fraction of sp³-hybridized carbons (Fsp3) is 0.105. The monoisotopic (exact) mass is 383 g/mol. The number of anilines is 1. The topological polar surface area (TPSA) is 64.1 Å². The average molecular weight is 384 g/mol. The Morgan fingerprint density at radius 1 is 1.12 bits per heavy atom. The Morgan fingerprint density at radius 3 is 2.73 bits per heavy atom. The lowest BCUT2D eigenvalue weighted by Crippen LogP contribution is -2.14. The summed E-state index contributed by atoms with van der Waals surface area (Å²) in [4.78, 5) is 21.7. The number of hydrogen-bond donors (Lipinski definition) is 1. The first-order chi connectivity index (χ1) is 12.5. The third kappa shape index (κ3) is 3.09. The average Bonchev–Trinajstić information content (AvgIpc) is 3.01. The maximum Gasteiger partial charge on any atom is 0.259 e. The zero-order valence-electron chi connectivity index (χ0n) is 14.0. The minimum atomic E-state index is -0.245. The second-order valence-electron chi connectivity index (χ2n) is 5.77. The molecule has 4 aromatic rings. The van der Waals surface area contributed by atoms with E-state index in [1.807, 2.05) is 43.3 Å². The second kappa shape index (κ2) is 6.55. The number of amides is 1. The molecule has 0 atom stereocenters. The minimum Gasteiger partial charge on any atom is -0.497 e. The number of carbonyl (C=O) groups is 1. The van der Waals surface area contributed by atoms with Crippen molar-refractivity contribution < 1.29 is 9.53 Å². The van der Waals surface area contributed by atoms with Crippen LogP contribution in [0.5, 0.6) is 5.75 Å². The summed E-state index contributed by atoms with van der Waals surface area (Å²) in [6, 6.07) is 12.8. The van der Waals surface area contributed by atoms with Crippen LogP contribution in [0.25, 0.3) is 21.1 Å². The summed E-state index contributed by atoms with van der Waals surface area (Å²) in [6.07, 6.45) is 0. The van der Waals surface area contributed by atoms with E-state index in [-0.39, 0.29) is 5.91 Å². The summed E-state index contributed by atoms with van der Waals surface area (Å²) in [5.74, 6) is 0.474. The number of thiazole rings is 1. The Hall–Kier alpha value is -2.70. The first-order valence-corrected chi connectivity index (χ1v) is 9.06. The first kappa shape index (κ1) is 16.8. The van der Waals surface area contributed by atoms with Gasteiger partial charge in [0.2, 0.25) is 0 Å². The van der Waals surface area contributed by atoms with E-state index in [2.05, 4.69) is 15.3 Å². The molecule has 0 fully saturated rings. The summed E-state index contributed by atoms with van der Waals surface area (Å²) in [5, 5.41) is 4.87. The van der Waals surface area contributed by atoms with Gasteiger partial charge in [-0.25, -0.2) is 4.98 Å². The summed E-state index contributed by atoms with van der Waals surface area (Å²) in [5.41, 5.74) is 2.77. The number of methoxy groups -OCH3 is 1. The van der Waals surface area contributed by atoms with Crippen molar-refractivity contribution >= 4 is 55.1 Å². The van der Waals surface area contributed by atoms with Crippen LogP contribution in [0.3, 0.4) is 0 Å². The molecule has 2 aromatic heterocycles. The van der Waals surface area contributed by atoms with Gasteiger partial charge in [0.1, 0.15) is 5.75 Å². The predicted octanol–water partition coefficient (Wildman–Crippen LogP) is 5.07. The van der Waals surface area contributed by atoms with Gasteiger partial charge in [0.15, 0.2) is 5.13 Å². The van der Waals surface area contributed by atoms with Crippen molar-refractivity contribution in [3.8, 4) is 5.75 Å². The van der Waals surface area contributed by atoms with E-state index < -0.39 is 0 Å².